The van der Waals surface area contributed by atoms with E-state index in [1.54, 1.807) is 23.8 Å². The largest absolute Gasteiger partial charge is 0.316 e. The van der Waals surface area contributed by atoms with Crippen LogP contribution in [-0.2, 0) is 6.54 Å². The van der Waals surface area contributed by atoms with Gasteiger partial charge in [-0.1, -0.05) is 6.07 Å². The Morgan fingerprint density at radius 2 is 2.20 bits per heavy atom. The van der Waals surface area contributed by atoms with Gasteiger partial charge in [0.05, 0.1) is 0 Å². The molecule has 1 unspecified atom stereocenters. The quantitative estimate of drug-likeness (QED) is 0.894. The predicted octanol–water partition coefficient (Wildman–Crippen LogP) is 2.11. The summed E-state index contributed by atoms with van der Waals surface area (Å²) >= 11 is 0. The maximum absolute atomic E-state index is 12.8. The highest BCUT2D eigenvalue weighted by Gasteiger charge is 2.19. The van der Waals surface area contributed by atoms with Crippen molar-refractivity contribution in [1.82, 2.24) is 14.9 Å². The van der Waals surface area contributed by atoms with E-state index in [1.165, 1.54) is 0 Å². The van der Waals surface area contributed by atoms with Crippen LogP contribution in [0, 0.1) is 19.8 Å². The molecule has 6 nitrogen and oxygen atoms in total. The Labute approximate surface area is 147 Å². The van der Waals surface area contributed by atoms with Gasteiger partial charge in [-0.05, 0) is 69.5 Å². The third kappa shape index (κ3) is 4.14. The Morgan fingerprint density at radius 3 is 2.92 bits per heavy atom. The number of piperidine rings is 1. The summed E-state index contributed by atoms with van der Waals surface area (Å²) < 4.78 is 1.66. The summed E-state index contributed by atoms with van der Waals surface area (Å²) in [7, 11) is 0. The van der Waals surface area contributed by atoms with Crippen molar-refractivity contribution < 1.29 is 4.79 Å². The number of hydrogen-bond donors (Lipinski definition) is 2. The SMILES string of the molecule is Cc1cccc(NC(=O)c2c(C)ccn(CC3CCCNC3)c2=O)n1. The minimum atomic E-state index is -0.406. The van der Waals surface area contributed by atoms with Crippen molar-refractivity contribution in [1.29, 1.82) is 0 Å². The molecular formula is C19H24N4O2. The third-order valence-corrected chi connectivity index (χ3v) is 4.58. The first-order valence-corrected chi connectivity index (χ1v) is 8.70. The third-order valence-electron chi connectivity index (χ3n) is 4.58. The van der Waals surface area contributed by atoms with Crippen molar-refractivity contribution >= 4 is 11.7 Å². The number of carbonyl (C=O) groups is 1. The van der Waals surface area contributed by atoms with Gasteiger partial charge in [-0.3, -0.25) is 9.59 Å². The first-order chi connectivity index (χ1) is 12.0. The highest BCUT2D eigenvalue weighted by molar-refractivity contribution is 6.04. The van der Waals surface area contributed by atoms with Crippen LogP contribution in [0.4, 0.5) is 5.82 Å². The molecule has 25 heavy (non-hydrogen) atoms. The topological polar surface area (TPSA) is 76.0 Å². The van der Waals surface area contributed by atoms with E-state index in [0.29, 0.717) is 23.8 Å². The van der Waals surface area contributed by atoms with Gasteiger partial charge in [0.15, 0.2) is 0 Å². The molecule has 0 aromatic carbocycles. The van der Waals surface area contributed by atoms with Gasteiger partial charge in [-0.15, -0.1) is 0 Å². The average molecular weight is 340 g/mol. The molecule has 132 valence electrons. The Bertz CT molecular complexity index is 822. The van der Waals surface area contributed by atoms with E-state index in [9.17, 15) is 9.59 Å². The minimum absolute atomic E-state index is 0.189. The predicted molar refractivity (Wildman–Crippen MR) is 98.0 cm³/mol. The summed E-state index contributed by atoms with van der Waals surface area (Å²) in [5.74, 6) is 0.468. The second-order valence-corrected chi connectivity index (χ2v) is 6.66. The molecule has 0 bridgehead atoms. The summed E-state index contributed by atoms with van der Waals surface area (Å²) in [6.07, 6.45) is 4.01. The summed E-state index contributed by atoms with van der Waals surface area (Å²) in [5, 5.41) is 6.09. The number of hydrogen-bond acceptors (Lipinski definition) is 4. The molecule has 0 saturated carbocycles. The number of nitrogens with zero attached hydrogens (tertiary/aromatic N) is 2. The second-order valence-electron chi connectivity index (χ2n) is 6.66. The molecule has 0 aliphatic carbocycles. The van der Waals surface area contributed by atoms with Crippen LogP contribution in [-0.4, -0.2) is 28.5 Å². The molecule has 2 aromatic rings. The number of nitrogens with one attached hydrogen (secondary N) is 2. The lowest BCUT2D eigenvalue weighted by Gasteiger charge is -2.23. The first kappa shape index (κ1) is 17.4. The molecule has 2 aromatic heterocycles. The summed E-state index contributed by atoms with van der Waals surface area (Å²) in [6, 6.07) is 7.23. The fraction of sp³-hybridized carbons (Fsp3) is 0.421. The number of anilines is 1. The van der Waals surface area contributed by atoms with Gasteiger partial charge >= 0.3 is 0 Å². The lowest BCUT2D eigenvalue weighted by Crippen LogP contribution is -2.36. The van der Waals surface area contributed by atoms with Crippen LogP contribution in [0.25, 0.3) is 0 Å². The van der Waals surface area contributed by atoms with Crippen LogP contribution in [0.3, 0.4) is 0 Å². The van der Waals surface area contributed by atoms with Crippen molar-refractivity contribution in [3.8, 4) is 0 Å². The van der Waals surface area contributed by atoms with Gasteiger partial charge in [-0.25, -0.2) is 4.98 Å². The monoisotopic (exact) mass is 340 g/mol. The number of amides is 1. The van der Waals surface area contributed by atoms with Crippen LogP contribution in [0.15, 0.2) is 35.3 Å². The molecule has 1 amide bonds. The van der Waals surface area contributed by atoms with Crippen molar-refractivity contribution in [3.05, 3.63) is 57.6 Å². The smallest absolute Gasteiger partial charge is 0.263 e. The van der Waals surface area contributed by atoms with Crippen LogP contribution < -0.4 is 16.2 Å². The number of carbonyl (C=O) groups excluding carboxylic acids is 1. The molecule has 1 saturated heterocycles. The Hall–Kier alpha value is -2.47. The van der Waals surface area contributed by atoms with E-state index in [-0.39, 0.29) is 11.1 Å². The van der Waals surface area contributed by atoms with E-state index < -0.39 is 5.91 Å². The van der Waals surface area contributed by atoms with Crippen LogP contribution >= 0.6 is 0 Å². The highest BCUT2D eigenvalue weighted by Crippen LogP contribution is 2.13. The van der Waals surface area contributed by atoms with Gasteiger partial charge in [0, 0.05) is 18.4 Å². The molecule has 0 spiro atoms. The molecule has 6 heteroatoms. The van der Waals surface area contributed by atoms with Crippen LogP contribution in [0.5, 0.6) is 0 Å². The molecule has 0 radical (unpaired) electrons. The normalized spacial score (nSPS) is 17.3. The van der Waals surface area contributed by atoms with Crippen molar-refractivity contribution in [2.24, 2.45) is 5.92 Å². The maximum Gasteiger partial charge on any atom is 0.263 e. The zero-order valence-electron chi connectivity index (χ0n) is 14.7. The van der Waals surface area contributed by atoms with E-state index in [1.807, 2.05) is 25.1 Å². The number of rotatable bonds is 4. The molecule has 2 N–H and O–H groups in total. The molecule has 3 heterocycles. The standard InChI is InChI=1S/C19H24N4O2/c1-13-8-10-23(12-15-6-4-9-20-11-15)19(25)17(13)18(24)22-16-7-3-5-14(2)21-16/h3,5,7-8,10,15,20H,4,6,9,11-12H2,1-2H3,(H,21,22,24). The van der Waals surface area contributed by atoms with Gasteiger partial charge < -0.3 is 15.2 Å². The van der Waals surface area contributed by atoms with E-state index in [4.69, 9.17) is 0 Å². The number of aromatic nitrogens is 2. The second kappa shape index (κ2) is 7.61. The molecular weight excluding hydrogens is 316 g/mol. The summed E-state index contributed by atoms with van der Waals surface area (Å²) in [5.41, 5.74) is 1.43. The molecule has 1 fully saturated rings. The molecule has 3 rings (SSSR count). The zero-order chi connectivity index (χ0) is 17.8. The van der Waals surface area contributed by atoms with Gasteiger partial charge in [0.25, 0.3) is 11.5 Å². The van der Waals surface area contributed by atoms with Crippen molar-refractivity contribution in [3.63, 3.8) is 0 Å². The fourth-order valence-corrected chi connectivity index (χ4v) is 3.23. The van der Waals surface area contributed by atoms with Crippen LogP contribution in [0.1, 0.15) is 34.5 Å². The summed E-state index contributed by atoms with van der Waals surface area (Å²) in [4.78, 5) is 29.7. The Balaban J connectivity index is 1.83. The van der Waals surface area contributed by atoms with E-state index in [0.717, 1.165) is 31.6 Å². The maximum atomic E-state index is 12.8. The average Bonchev–Trinajstić information content (AvgIpc) is 2.58. The zero-order valence-corrected chi connectivity index (χ0v) is 14.7. The molecule has 1 atom stereocenters. The van der Waals surface area contributed by atoms with E-state index in [2.05, 4.69) is 15.6 Å². The molecule has 1 aliphatic heterocycles. The summed E-state index contributed by atoms with van der Waals surface area (Å²) in [6.45, 7) is 6.22. The minimum Gasteiger partial charge on any atom is -0.316 e. The van der Waals surface area contributed by atoms with Gasteiger partial charge in [0.1, 0.15) is 11.4 Å². The van der Waals surface area contributed by atoms with Crippen molar-refractivity contribution in [2.75, 3.05) is 18.4 Å². The van der Waals surface area contributed by atoms with Crippen molar-refractivity contribution in [2.45, 2.75) is 33.2 Å². The highest BCUT2D eigenvalue weighted by atomic mass is 16.2. The Morgan fingerprint density at radius 1 is 1.36 bits per heavy atom. The number of aryl methyl sites for hydroxylation is 2. The fourth-order valence-electron chi connectivity index (χ4n) is 3.23. The lowest BCUT2D eigenvalue weighted by molar-refractivity contribution is 0.102. The van der Waals surface area contributed by atoms with Gasteiger partial charge in [0.2, 0.25) is 0 Å². The Kier molecular flexibility index (Phi) is 5.28. The van der Waals surface area contributed by atoms with Crippen LogP contribution in [0.2, 0.25) is 0 Å². The van der Waals surface area contributed by atoms with E-state index >= 15 is 0 Å². The van der Waals surface area contributed by atoms with Gasteiger partial charge in [-0.2, -0.15) is 0 Å². The first-order valence-electron chi connectivity index (χ1n) is 8.70. The lowest BCUT2D eigenvalue weighted by atomic mass is 9.99. The molecule has 1 aliphatic rings. The number of pyridine rings is 2.